The second kappa shape index (κ2) is 3.83. The Balaban J connectivity index is 0. The zero-order chi connectivity index (χ0) is 4.50. The van der Waals surface area contributed by atoms with Crippen LogP contribution in [0.2, 0.25) is 0 Å². The van der Waals surface area contributed by atoms with Crippen molar-refractivity contribution in [1.82, 2.24) is 0 Å². The first-order chi connectivity index (χ1) is 2.00. The average molecular weight is 333 g/mol. The predicted octanol–water partition coefficient (Wildman–Crippen LogP) is -2.65. The van der Waals surface area contributed by atoms with Crippen LogP contribution in [-0.2, 0) is 6.21 Å². The summed E-state index contributed by atoms with van der Waals surface area (Å²) >= 11 is -5.52. The third-order valence-electron chi connectivity index (χ3n) is 0. The maximum atomic E-state index is 8.85. The van der Waals surface area contributed by atoms with E-state index in [1.165, 1.54) is 0 Å². The fraction of sp³-hybridized carbons (Fsp3) is 0. The third kappa shape index (κ3) is 39.6. The van der Waals surface area contributed by atoms with Gasteiger partial charge in [0.1, 0.15) is 0 Å². The quantitative estimate of drug-likeness (QED) is 0.475. The number of rotatable bonds is 0. The van der Waals surface area contributed by atoms with Crippen LogP contribution in [0.25, 0.3) is 0 Å². The molecule has 6 heteroatoms. The van der Waals surface area contributed by atoms with E-state index in [1.807, 2.05) is 0 Å². The van der Waals surface area contributed by atoms with E-state index in [0.29, 0.717) is 0 Å². The van der Waals surface area contributed by atoms with Crippen molar-refractivity contribution >= 4 is 67.9 Å². The molecule has 0 radical (unpaired) electrons. The third-order valence-corrected chi connectivity index (χ3v) is 0. The van der Waals surface area contributed by atoms with Crippen molar-refractivity contribution in [1.29, 1.82) is 0 Å². The second-order valence-electron chi connectivity index (χ2n) is 0.448. The fourth-order valence-corrected chi connectivity index (χ4v) is 0. The van der Waals surface area contributed by atoms with Crippen molar-refractivity contribution < 1.29 is 13.2 Å². The summed E-state index contributed by atoms with van der Waals surface area (Å²) < 4.78 is 32.0. The molecule has 0 atom stereocenters. The summed E-state index contributed by atoms with van der Waals surface area (Å²) in [7, 11) is 0. The molecule has 0 aromatic rings. The Labute approximate surface area is 79.3 Å². The zero-order valence-corrected chi connectivity index (χ0v) is 4.45. The Bertz CT molecular complexity index is 90.7. The van der Waals surface area contributed by atoms with Crippen molar-refractivity contribution in [2.45, 2.75) is 0 Å². The van der Waals surface area contributed by atoms with Crippen LogP contribution in [0, 0.1) is 0 Å². The summed E-state index contributed by atoms with van der Waals surface area (Å²) in [5.74, 6) is 0. The molecule has 0 rings (SSSR count). The van der Waals surface area contributed by atoms with E-state index in [2.05, 4.69) is 0 Å². The summed E-state index contributed by atoms with van der Waals surface area (Å²) in [6.45, 7) is 0. The standard InChI is InChI=1S/Ba.H2O4Te.2H/c;1-5(2,3)4;;/h;(H2,1,2,3,4);;. The van der Waals surface area contributed by atoms with Crippen LogP contribution in [-0.4, -0.2) is 74.8 Å². The Morgan fingerprint density at radius 3 is 1.17 bits per heavy atom. The van der Waals surface area contributed by atoms with E-state index in [4.69, 9.17) is 13.2 Å². The minimum atomic E-state index is -5.52. The molecular formula is H4BaO4Te. The van der Waals surface area contributed by atoms with Gasteiger partial charge in [-0.25, -0.2) is 0 Å². The Kier molecular flexibility index (Phi) is 6.89. The predicted molar refractivity (Wildman–Crippen MR) is 20.1 cm³/mol. The molecule has 0 aromatic heterocycles. The van der Waals surface area contributed by atoms with Gasteiger partial charge in [-0.15, -0.1) is 0 Å². The molecule has 0 unspecified atom stereocenters. The van der Waals surface area contributed by atoms with Crippen LogP contribution in [0.1, 0.15) is 0 Å². The molecule has 36 valence electrons. The molecule has 2 N–H and O–H groups in total. The molecule has 0 aromatic carbocycles. The molecular weight excluding hydrogens is 329 g/mol. The van der Waals surface area contributed by atoms with Crippen molar-refractivity contribution in [3.05, 3.63) is 0 Å². The molecule has 4 nitrogen and oxygen atoms in total. The van der Waals surface area contributed by atoms with E-state index in [1.54, 1.807) is 0 Å². The van der Waals surface area contributed by atoms with Crippen molar-refractivity contribution in [3.63, 3.8) is 0 Å². The van der Waals surface area contributed by atoms with Gasteiger partial charge in [-0.2, -0.15) is 0 Å². The van der Waals surface area contributed by atoms with Crippen molar-refractivity contribution in [2.24, 2.45) is 0 Å². The molecule has 0 amide bonds. The zero-order valence-electron chi connectivity index (χ0n) is 2.12. The summed E-state index contributed by atoms with van der Waals surface area (Å²) in [4.78, 5) is 0. The second-order valence-corrected chi connectivity index (χ2v) is 3.00. The van der Waals surface area contributed by atoms with Gasteiger partial charge in [-0.05, 0) is 0 Å². The summed E-state index contributed by atoms with van der Waals surface area (Å²) in [6, 6.07) is 0. The molecule has 0 saturated heterocycles. The Morgan fingerprint density at radius 2 is 1.17 bits per heavy atom. The molecule has 0 spiro atoms. The van der Waals surface area contributed by atoms with Gasteiger partial charge in [0, 0.05) is 0 Å². The number of hydrogen-bond donors (Lipinski definition) is 2. The molecule has 0 fully saturated rings. The minimum absolute atomic E-state index is 0. The topological polar surface area (TPSA) is 74.6 Å². The van der Waals surface area contributed by atoms with Crippen molar-refractivity contribution in [2.75, 3.05) is 0 Å². The van der Waals surface area contributed by atoms with E-state index >= 15 is 0 Å². The summed E-state index contributed by atoms with van der Waals surface area (Å²) in [5.41, 5.74) is 0. The first-order valence-electron chi connectivity index (χ1n) is 0.698. The maximum absolute atomic E-state index is 8.85. The molecule has 0 heterocycles. The average Bonchev–Trinajstić information content (AvgIpc) is 0.722. The first-order valence-corrected chi connectivity index (χ1v) is 4.69. The van der Waals surface area contributed by atoms with Gasteiger partial charge in [-0.1, -0.05) is 0 Å². The number of hydrogen-bond acceptors (Lipinski definition) is 2. The van der Waals surface area contributed by atoms with E-state index < -0.39 is 19.0 Å². The van der Waals surface area contributed by atoms with Gasteiger partial charge in [0.2, 0.25) is 0 Å². The van der Waals surface area contributed by atoms with E-state index in [0.717, 1.165) is 0 Å². The van der Waals surface area contributed by atoms with E-state index in [-0.39, 0.29) is 48.9 Å². The summed E-state index contributed by atoms with van der Waals surface area (Å²) in [6.07, 6.45) is 0. The van der Waals surface area contributed by atoms with Gasteiger partial charge < -0.3 is 0 Å². The molecule has 0 aliphatic heterocycles. The summed E-state index contributed by atoms with van der Waals surface area (Å²) in [5, 5.41) is 0. The molecule has 0 saturated carbocycles. The van der Waals surface area contributed by atoms with Gasteiger partial charge in [-0.3, -0.25) is 0 Å². The Hall–Kier alpha value is 1.88. The van der Waals surface area contributed by atoms with Crippen LogP contribution >= 0.6 is 0 Å². The van der Waals surface area contributed by atoms with Gasteiger partial charge in [0.15, 0.2) is 0 Å². The molecule has 0 aliphatic carbocycles. The molecule has 0 aliphatic rings. The SMILES string of the molecule is O=[Te](=O)(O)O.[BaH2]. The monoisotopic (exact) mass is 336 g/mol. The normalized spacial score (nSPS) is 9.67. The van der Waals surface area contributed by atoms with Crippen LogP contribution in [0.3, 0.4) is 0 Å². The van der Waals surface area contributed by atoms with E-state index in [9.17, 15) is 0 Å². The van der Waals surface area contributed by atoms with Crippen molar-refractivity contribution in [3.8, 4) is 0 Å². The van der Waals surface area contributed by atoms with Crippen LogP contribution in [0.4, 0.5) is 0 Å². The van der Waals surface area contributed by atoms with Gasteiger partial charge in [0.25, 0.3) is 0 Å². The molecule has 0 bridgehead atoms. The van der Waals surface area contributed by atoms with Crippen LogP contribution < -0.4 is 0 Å². The van der Waals surface area contributed by atoms with Gasteiger partial charge in [0.05, 0.1) is 0 Å². The fourth-order valence-electron chi connectivity index (χ4n) is 0. The Morgan fingerprint density at radius 1 is 1.17 bits per heavy atom. The van der Waals surface area contributed by atoms with Crippen LogP contribution in [0.15, 0.2) is 0 Å². The molecule has 6 heavy (non-hydrogen) atoms. The first kappa shape index (κ1) is 10.8. The van der Waals surface area contributed by atoms with Gasteiger partial charge >= 0.3 is 81.0 Å². The van der Waals surface area contributed by atoms with Crippen LogP contribution in [0.5, 0.6) is 0 Å².